The van der Waals surface area contributed by atoms with Gasteiger partial charge in [-0.15, -0.1) is 0 Å². The third kappa shape index (κ3) is 3.21. The Balaban J connectivity index is 0. The van der Waals surface area contributed by atoms with E-state index in [1.54, 1.807) is 0 Å². The topological polar surface area (TPSA) is 51.7 Å². The van der Waals surface area contributed by atoms with Crippen LogP contribution < -0.4 is 0 Å². The molecule has 0 aliphatic heterocycles. The molecule has 1 radical (unpaired) electrons. The molecule has 0 heterocycles. The molecule has 3 N–H and O–H groups in total. The number of aromatic hydroxyl groups is 1. The predicted octanol–water partition coefficient (Wildman–Crippen LogP) is 3.45. The second kappa shape index (κ2) is 6.89. The average Bonchev–Trinajstić information content (AvgIpc) is 2.08. The molecule has 0 fully saturated rings. The molecule has 1 rings (SSSR count). The second-order valence-corrected chi connectivity index (χ2v) is 3.81. The minimum Gasteiger partial charge on any atom is -0.505 e. The summed E-state index contributed by atoms with van der Waals surface area (Å²) in [5.74, 6) is -0.363. The van der Waals surface area contributed by atoms with Crippen molar-refractivity contribution in [3.8, 4) is 5.75 Å². The zero-order valence-corrected chi connectivity index (χ0v) is 12.6. The Bertz CT molecular complexity index is 238. The molecule has 14 heavy (non-hydrogen) atoms. The summed E-state index contributed by atoms with van der Waals surface area (Å²) in [4.78, 5) is 0. The van der Waals surface area contributed by atoms with E-state index in [9.17, 15) is 5.11 Å². The summed E-state index contributed by atoms with van der Waals surface area (Å²) in [5.41, 5.74) is 0. The molecule has 0 saturated heterocycles. The fourth-order valence-electron chi connectivity index (χ4n) is 0.593. The smallest absolute Gasteiger partial charge is 0.155 e. The zero-order chi connectivity index (χ0) is 9.46. The molecule has 1 aromatic rings. The van der Waals surface area contributed by atoms with Gasteiger partial charge in [-0.3, -0.25) is 0 Å². The minimum absolute atomic E-state index is 0. The van der Waals surface area contributed by atoms with Crippen LogP contribution in [-0.2, 0) is 0 Å². The second-order valence-electron chi connectivity index (χ2n) is 1.92. The number of hydrogen-bond donors (Lipinski definition) is 1. The Hall–Kier alpha value is 1.43. The Morgan fingerprint density at radius 3 is 1.14 bits per heavy atom. The van der Waals surface area contributed by atoms with Crippen LogP contribution >= 0.6 is 58.0 Å². The molecule has 75 valence electrons. The van der Waals surface area contributed by atoms with Gasteiger partial charge in [0.15, 0.2) is 5.75 Å². The van der Waals surface area contributed by atoms with Crippen molar-refractivity contribution in [2.75, 3.05) is 0 Å². The van der Waals surface area contributed by atoms with E-state index < -0.39 is 0 Å². The van der Waals surface area contributed by atoms with Crippen molar-refractivity contribution in [3.63, 3.8) is 0 Å². The maximum absolute atomic E-state index is 9.20. The summed E-state index contributed by atoms with van der Waals surface area (Å²) in [6, 6.07) is 0. The molecule has 0 bridgehead atoms. The average molecular weight is 307 g/mol. The van der Waals surface area contributed by atoms with Gasteiger partial charge < -0.3 is 10.6 Å². The van der Waals surface area contributed by atoms with Gasteiger partial charge in [0.2, 0.25) is 0 Å². The van der Waals surface area contributed by atoms with Gasteiger partial charge in [0.25, 0.3) is 0 Å². The largest absolute Gasteiger partial charge is 0.505 e. The van der Waals surface area contributed by atoms with Gasteiger partial charge in [-0.1, -0.05) is 58.0 Å². The van der Waals surface area contributed by atoms with Crippen molar-refractivity contribution in [3.05, 3.63) is 25.1 Å². The molecule has 2 nitrogen and oxygen atoms in total. The molecule has 0 aromatic heterocycles. The minimum atomic E-state index is -0.363. The first-order valence-corrected chi connectivity index (χ1v) is 4.56. The quantitative estimate of drug-likeness (QED) is 0.445. The molecular weight excluding hydrogens is 304 g/mol. The Morgan fingerprint density at radius 1 is 0.643 bits per heavy atom. The number of phenols is 1. The van der Waals surface area contributed by atoms with Gasteiger partial charge in [-0.25, -0.2) is 0 Å². The molecule has 0 spiro atoms. The van der Waals surface area contributed by atoms with Crippen LogP contribution in [0.2, 0.25) is 25.1 Å². The summed E-state index contributed by atoms with van der Waals surface area (Å²) < 4.78 is 0. The van der Waals surface area contributed by atoms with E-state index in [4.69, 9.17) is 58.0 Å². The van der Waals surface area contributed by atoms with E-state index in [1.165, 1.54) is 0 Å². The van der Waals surface area contributed by atoms with Crippen molar-refractivity contribution < 1.29 is 10.6 Å². The van der Waals surface area contributed by atoms with Crippen LogP contribution in [0.15, 0.2) is 0 Å². The van der Waals surface area contributed by atoms with Crippen LogP contribution in [0.4, 0.5) is 0 Å². The number of hydrogen-bond acceptors (Lipinski definition) is 1. The first kappa shape index (κ1) is 17.8. The fourth-order valence-corrected chi connectivity index (χ4v) is 1.72. The SMILES string of the molecule is O.Oc1c(Cl)c(Cl)c(Cl)c(Cl)c1Cl.[Na]. The third-order valence-corrected chi connectivity index (χ3v) is 3.44. The van der Waals surface area contributed by atoms with Crippen molar-refractivity contribution in [2.45, 2.75) is 0 Å². The van der Waals surface area contributed by atoms with E-state index in [-0.39, 0.29) is 65.9 Å². The van der Waals surface area contributed by atoms with Crippen LogP contribution in [0.3, 0.4) is 0 Å². The van der Waals surface area contributed by atoms with Gasteiger partial charge >= 0.3 is 0 Å². The molecule has 0 saturated carbocycles. The summed E-state index contributed by atoms with van der Waals surface area (Å²) in [6.45, 7) is 0. The predicted molar refractivity (Wildman–Crippen MR) is 62.5 cm³/mol. The normalized spacial score (nSPS) is 8.93. The van der Waals surface area contributed by atoms with Crippen LogP contribution in [0.25, 0.3) is 0 Å². The van der Waals surface area contributed by atoms with E-state index in [1.807, 2.05) is 0 Å². The van der Waals surface area contributed by atoms with E-state index in [2.05, 4.69) is 0 Å². The zero-order valence-electron chi connectivity index (χ0n) is 6.84. The van der Waals surface area contributed by atoms with Crippen LogP contribution in [0.1, 0.15) is 0 Å². The van der Waals surface area contributed by atoms with Gasteiger partial charge in [-0.05, 0) is 0 Å². The monoisotopic (exact) mass is 305 g/mol. The molecule has 0 aliphatic rings. The molecule has 0 aliphatic carbocycles. The van der Waals surface area contributed by atoms with E-state index in [0.717, 1.165) is 0 Å². The summed E-state index contributed by atoms with van der Waals surface area (Å²) >= 11 is 27.9. The Morgan fingerprint density at radius 2 is 0.857 bits per heavy atom. The molecule has 0 atom stereocenters. The molecular formula is C6H3Cl5NaO2. The van der Waals surface area contributed by atoms with Crippen molar-refractivity contribution in [1.29, 1.82) is 0 Å². The summed E-state index contributed by atoms with van der Waals surface area (Å²) in [6.07, 6.45) is 0. The Labute approximate surface area is 128 Å². The van der Waals surface area contributed by atoms with Crippen LogP contribution in [-0.4, -0.2) is 40.1 Å². The summed E-state index contributed by atoms with van der Waals surface area (Å²) in [5, 5.41) is 9.01. The maximum atomic E-state index is 9.20. The van der Waals surface area contributed by atoms with Crippen LogP contribution in [0.5, 0.6) is 5.75 Å². The number of halogens is 5. The third-order valence-electron chi connectivity index (χ3n) is 1.19. The van der Waals surface area contributed by atoms with Gasteiger partial charge in [0.05, 0.1) is 15.1 Å². The number of rotatable bonds is 0. The summed E-state index contributed by atoms with van der Waals surface area (Å²) in [7, 11) is 0. The van der Waals surface area contributed by atoms with Crippen LogP contribution in [0, 0.1) is 0 Å². The molecule has 8 heteroatoms. The molecule has 0 unspecified atom stereocenters. The Kier molecular flexibility index (Phi) is 8.77. The van der Waals surface area contributed by atoms with Gasteiger partial charge in [0.1, 0.15) is 10.0 Å². The van der Waals surface area contributed by atoms with E-state index >= 15 is 0 Å². The van der Waals surface area contributed by atoms with Crippen molar-refractivity contribution >= 4 is 87.6 Å². The van der Waals surface area contributed by atoms with Crippen molar-refractivity contribution in [2.24, 2.45) is 0 Å². The fraction of sp³-hybridized carbons (Fsp3) is 0. The van der Waals surface area contributed by atoms with Crippen molar-refractivity contribution in [1.82, 2.24) is 0 Å². The van der Waals surface area contributed by atoms with Gasteiger partial charge in [0, 0.05) is 29.6 Å². The molecule has 1 aromatic carbocycles. The number of phenolic OH excluding ortho intramolecular Hbond substituents is 1. The molecule has 0 amide bonds. The standard InChI is InChI=1S/C6HCl5O.Na.H2O/c7-1-2(8)4(10)6(12)5(11)3(1)9;;/h12H;;1H2. The maximum Gasteiger partial charge on any atom is 0.155 e. The van der Waals surface area contributed by atoms with Gasteiger partial charge in [-0.2, -0.15) is 0 Å². The number of benzene rings is 1. The first-order chi connectivity index (χ1) is 5.46. The van der Waals surface area contributed by atoms with E-state index in [0.29, 0.717) is 0 Å². The first-order valence-electron chi connectivity index (χ1n) is 2.67.